The minimum absolute atomic E-state index is 0.114. The molecule has 1 aliphatic carbocycles. The van der Waals surface area contributed by atoms with E-state index in [1.807, 2.05) is 18.2 Å². The molecule has 2 rings (SSSR count). The number of aliphatic imine (C=N–C) groups is 1. The second kappa shape index (κ2) is 5.83. The largest absolute Gasteiger partial charge is 0.370 e. The number of benzene rings is 1. The van der Waals surface area contributed by atoms with Crippen LogP contribution in [0.25, 0.3) is 0 Å². The summed E-state index contributed by atoms with van der Waals surface area (Å²) in [6.07, 6.45) is 2.27. The average Bonchev–Trinajstić information content (AvgIpc) is 3.15. The van der Waals surface area contributed by atoms with Crippen molar-refractivity contribution in [1.29, 1.82) is 0 Å². The number of hydrogen-bond donors (Lipinski definition) is 2. The van der Waals surface area contributed by atoms with E-state index in [1.165, 1.54) is 5.56 Å². The van der Waals surface area contributed by atoms with Crippen molar-refractivity contribution in [3.63, 3.8) is 0 Å². The molecule has 0 atom stereocenters. The fourth-order valence-corrected chi connectivity index (χ4v) is 2.49. The van der Waals surface area contributed by atoms with Crippen LogP contribution >= 0.6 is 11.6 Å². The lowest BCUT2D eigenvalue weighted by molar-refractivity contribution is 0.619. The van der Waals surface area contributed by atoms with Gasteiger partial charge < -0.3 is 11.1 Å². The van der Waals surface area contributed by atoms with Crippen molar-refractivity contribution in [2.24, 2.45) is 16.6 Å². The third kappa shape index (κ3) is 3.63. The first-order valence-electron chi connectivity index (χ1n) is 6.82. The van der Waals surface area contributed by atoms with Crippen molar-refractivity contribution in [3.05, 3.63) is 34.9 Å². The highest BCUT2D eigenvalue weighted by atomic mass is 35.5. The van der Waals surface area contributed by atoms with Crippen LogP contribution in [-0.4, -0.2) is 19.0 Å². The van der Waals surface area contributed by atoms with Gasteiger partial charge in [-0.05, 0) is 30.4 Å². The number of hydrogen-bond acceptors (Lipinski definition) is 1. The van der Waals surface area contributed by atoms with E-state index in [4.69, 9.17) is 17.3 Å². The Labute approximate surface area is 120 Å². The average molecular weight is 280 g/mol. The molecule has 1 saturated carbocycles. The molecule has 3 N–H and O–H groups in total. The quantitative estimate of drug-likeness (QED) is 0.643. The van der Waals surface area contributed by atoms with E-state index in [1.54, 1.807) is 0 Å². The van der Waals surface area contributed by atoms with Gasteiger partial charge in [0.25, 0.3) is 0 Å². The fraction of sp³-hybridized carbons (Fsp3) is 0.533. The van der Waals surface area contributed by atoms with E-state index in [-0.39, 0.29) is 5.41 Å². The molecule has 1 fully saturated rings. The summed E-state index contributed by atoms with van der Waals surface area (Å²) in [4.78, 5) is 4.47. The lowest BCUT2D eigenvalue weighted by Crippen LogP contribution is -2.35. The van der Waals surface area contributed by atoms with Crippen LogP contribution in [0.4, 0.5) is 0 Å². The number of guanidine groups is 1. The molecule has 0 aliphatic heterocycles. The van der Waals surface area contributed by atoms with Gasteiger partial charge in [-0.1, -0.05) is 43.6 Å². The van der Waals surface area contributed by atoms with Crippen LogP contribution < -0.4 is 11.1 Å². The first-order chi connectivity index (χ1) is 9.03. The number of halogens is 1. The molecule has 0 spiro atoms. The summed E-state index contributed by atoms with van der Waals surface area (Å²) in [6, 6.07) is 8.04. The minimum atomic E-state index is 0.114. The zero-order valence-corrected chi connectivity index (χ0v) is 12.4. The van der Waals surface area contributed by atoms with E-state index in [0.717, 1.165) is 24.4 Å². The summed E-state index contributed by atoms with van der Waals surface area (Å²) in [5, 5.41) is 3.98. The highest BCUT2D eigenvalue weighted by Gasteiger charge is 2.45. The standard InChI is InChI=1S/C15H22ClN3/c1-11(2)9-18-14(17)19-10-15(7-8-15)12-5-3-4-6-13(12)16/h3-6,11H,7-10H2,1-2H3,(H3,17,18,19). The molecule has 0 radical (unpaired) electrons. The number of nitrogens with one attached hydrogen (secondary N) is 1. The summed E-state index contributed by atoms with van der Waals surface area (Å²) in [5.74, 6) is 1.10. The van der Waals surface area contributed by atoms with E-state index in [9.17, 15) is 0 Å². The summed E-state index contributed by atoms with van der Waals surface area (Å²) >= 11 is 6.27. The minimum Gasteiger partial charge on any atom is -0.370 e. The molecule has 0 aromatic heterocycles. The highest BCUT2D eigenvalue weighted by Crippen LogP contribution is 2.50. The van der Waals surface area contributed by atoms with E-state index >= 15 is 0 Å². The van der Waals surface area contributed by atoms with Gasteiger partial charge in [-0.2, -0.15) is 0 Å². The van der Waals surface area contributed by atoms with Crippen LogP contribution in [0.15, 0.2) is 29.3 Å². The number of nitrogens with two attached hydrogens (primary N) is 1. The van der Waals surface area contributed by atoms with E-state index < -0.39 is 0 Å². The monoisotopic (exact) mass is 279 g/mol. The SMILES string of the molecule is CC(C)CNC(N)=NCC1(c2ccccc2Cl)CC1. The molecule has 0 saturated heterocycles. The molecule has 0 heterocycles. The van der Waals surface area contributed by atoms with Gasteiger partial charge in [0.05, 0.1) is 6.54 Å². The summed E-state index contributed by atoms with van der Waals surface area (Å²) in [5.41, 5.74) is 7.20. The van der Waals surface area contributed by atoms with Crippen molar-refractivity contribution >= 4 is 17.6 Å². The summed E-state index contributed by atoms with van der Waals surface area (Å²) in [6.45, 7) is 5.86. The summed E-state index contributed by atoms with van der Waals surface area (Å²) < 4.78 is 0. The molecule has 1 aliphatic rings. The number of nitrogens with zero attached hydrogens (tertiary/aromatic N) is 1. The molecule has 1 aromatic rings. The smallest absolute Gasteiger partial charge is 0.188 e. The Bertz CT molecular complexity index is 464. The highest BCUT2D eigenvalue weighted by molar-refractivity contribution is 6.31. The van der Waals surface area contributed by atoms with Gasteiger partial charge in [-0.25, -0.2) is 0 Å². The van der Waals surface area contributed by atoms with Crippen molar-refractivity contribution in [1.82, 2.24) is 5.32 Å². The van der Waals surface area contributed by atoms with Crippen molar-refractivity contribution in [2.45, 2.75) is 32.1 Å². The van der Waals surface area contributed by atoms with E-state index in [0.29, 0.717) is 18.4 Å². The molecule has 1 aromatic carbocycles. The second-order valence-electron chi connectivity index (χ2n) is 5.74. The van der Waals surface area contributed by atoms with Crippen molar-refractivity contribution < 1.29 is 0 Å². The van der Waals surface area contributed by atoms with Gasteiger partial charge in [0.15, 0.2) is 5.96 Å². The van der Waals surface area contributed by atoms with Gasteiger partial charge in [-0.3, -0.25) is 4.99 Å². The Morgan fingerprint density at radius 1 is 1.42 bits per heavy atom. The fourth-order valence-electron chi connectivity index (χ4n) is 2.16. The first kappa shape index (κ1) is 14.2. The molecule has 104 valence electrons. The second-order valence-corrected chi connectivity index (χ2v) is 6.14. The van der Waals surface area contributed by atoms with Crippen LogP contribution in [0.5, 0.6) is 0 Å². The third-order valence-corrected chi connectivity index (χ3v) is 3.87. The lowest BCUT2D eigenvalue weighted by Gasteiger charge is -2.15. The van der Waals surface area contributed by atoms with Gasteiger partial charge in [0.1, 0.15) is 0 Å². The predicted octanol–water partition coefficient (Wildman–Crippen LogP) is 2.93. The summed E-state index contributed by atoms with van der Waals surface area (Å²) in [7, 11) is 0. The number of rotatable bonds is 5. The molecule has 4 heteroatoms. The first-order valence-corrected chi connectivity index (χ1v) is 7.20. The van der Waals surface area contributed by atoms with Crippen LogP contribution in [0.3, 0.4) is 0 Å². The maximum Gasteiger partial charge on any atom is 0.188 e. The molecular formula is C15H22ClN3. The normalized spacial score (nSPS) is 17.6. The van der Waals surface area contributed by atoms with Crippen LogP contribution in [-0.2, 0) is 5.41 Å². The third-order valence-electron chi connectivity index (χ3n) is 3.54. The lowest BCUT2D eigenvalue weighted by atomic mass is 9.96. The molecule has 0 unspecified atom stereocenters. The topological polar surface area (TPSA) is 50.4 Å². The van der Waals surface area contributed by atoms with Gasteiger partial charge >= 0.3 is 0 Å². The molecule has 0 amide bonds. The van der Waals surface area contributed by atoms with Gasteiger partial charge in [0, 0.05) is 17.0 Å². The molecule has 19 heavy (non-hydrogen) atoms. The Hall–Kier alpha value is -1.22. The Morgan fingerprint density at radius 2 is 2.11 bits per heavy atom. The predicted molar refractivity (Wildman–Crippen MR) is 81.7 cm³/mol. The maximum atomic E-state index is 6.27. The van der Waals surface area contributed by atoms with Gasteiger partial charge in [0.2, 0.25) is 0 Å². The van der Waals surface area contributed by atoms with Crippen LogP contribution in [0.2, 0.25) is 5.02 Å². The van der Waals surface area contributed by atoms with E-state index in [2.05, 4.69) is 30.2 Å². The zero-order valence-electron chi connectivity index (χ0n) is 11.6. The van der Waals surface area contributed by atoms with Crippen LogP contribution in [0.1, 0.15) is 32.3 Å². The van der Waals surface area contributed by atoms with Crippen molar-refractivity contribution in [2.75, 3.05) is 13.1 Å². The Kier molecular flexibility index (Phi) is 4.35. The Morgan fingerprint density at radius 3 is 2.68 bits per heavy atom. The van der Waals surface area contributed by atoms with Gasteiger partial charge in [-0.15, -0.1) is 0 Å². The van der Waals surface area contributed by atoms with Crippen LogP contribution in [0, 0.1) is 5.92 Å². The molecular weight excluding hydrogens is 258 g/mol. The molecule has 0 bridgehead atoms. The zero-order chi connectivity index (χ0) is 13.9. The molecule has 3 nitrogen and oxygen atoms in total. The maximum absolute atomic E-state index is 6.27. The Balaban J connectivity index is 1.99. The van der Waals surface area contributed by atoms with Crippen molar-refractivity contribution in [3.8, 4) is 0 Å².